The molecule has 0 spiro atoms. The molecule has 3 aromatic rings. The van der Waals surface area contributed by atoms with Gasteiger partial charge in [0.2, 0.25) is 0 Å². The van der Waals surface area contributed by atoms with E-state index >= 15 is 0 Å². The van der Waals surface area contributed by atoms with Gasteiger partial charge in [0, 0.05) is 29.9 Å². The SMILES string of the molecule is Cc1ccc([N+](=O)[O-])cc1NC(=O)c1csc(-c2cnccn2)n1. The van der Waals surface area contributed by atoms with Crippen LogP contribution >= 0.6 is 11.3 Å². The van der Waals surface area contributed by atoms with Crippen molar-refractivity contribution < 1.29 is 9.72 Å². The van der Waals surface area contributed by atoms with E-state index in [-0.39, 0.29) is 11.4 Å². The Bertz CT molecular complexity index is 910. The van der Waals surface area contributed by atoms with E-state index in [1.54, 1.807) is 37.0 Å². The summed E-state index contributed by atoms with van der Waals surface area (Å²) in [5.74, 6) is -0.440. The maximum atomic E-state index is 12.3. The lowest BCUT2D eigenvalue weighted by atomic mass is 10.2. The van der Waals surface area contributed by atoms with E-state index < -0.39 is 10.8 Å². The van der Waals surface area contributed by atoms with Crippen molar-refractivity contribution in [2.75, 3.05) is 5.32 Å². The predicted molar refractivity (Wildman–Crippen MR) is 88.9 cm³/mol. The minimum atomic E-state index is -0.510. The molecule has 0 aliphatic heterocycles. The number of nitro benzene ring substituents is 1. The van der Waals surface area contributed by atoms with Crippen molar-refractivity contribution in [1.29, 1.82) is 0 Å². The van der Waals surface area contributed by atoms with Gasteiger partial charge in [-0.3, -0.25) is 24.9 Å². The van der Waals surface area contributed by atoms with E-state index in [0.717, 1.165) is 5.56 Å². The van der Waals surface area contributed by atoms with Crippen LogP contribution in [-0.4, -0.2) is 25.8 Å². The molecule has 8 nitrogen and oxygen atoms in total. The summed E-state index contributed by atoms with van der Waals surface area (Å²) < 4.78 is 0. The molecule has 0 atom stereocenters. The van der Waals surface area contributed by atoms with Crippen LogP contribution in [0.4, 0.5) is 11.4 Å². The van der Waals surface area contributed by atoms with Gasteiger partial charge in [-0.25, -0.2) is 4.98 Å². The number of aryl methyl sites for hydroxylation is 1. The number of aromatic nitrogens is 3. The highest BCUT2D eigenvalue weighted by Crippen LogP contribution is 2.24. The molecule has 0 aliphatic rings. The highest BCUT2D eigenvalue weighted by atomic mass is 32.1. The summed E-state index contributed by atoms with van der Waals surface area (Å²) in [7, 11) is 0. The second-order valence-corrected chi connectivity index (χ2v) is 5.70. The molecule has 0 fully saturated rings. The molecule has 2 heterocycles. The van der Waals surface area contributed by atoms with Gasteiger partial charge in [0.25, 0.3) is 11.6 Å². The van der Waals surface area contributed by atoms with Crippen LogP contribution in [-0.2, 0) is 0 Å². The number of thiazole rings is 1. The zero-order valence-electron chi connectivity index (χ0n) is 12.5. The van der Waals surface area contributed by atoms with Crippen LogP contribution in [0.3, 0.4) is 0 Å². The summed E-state index contributed by atoms with van der Waals surface area (Å²) in [4.78, 5) is 35.0. The summed E-state index contributed by atoms with van der Waals surface area (Å²) in [5, 5.41) is 15.7. The first-order chi connectivity index (χ1) is 11.5. The Morgan fingerprint density at radius 3 is 2.88 bits per heavy atom. The number of nitro groups is 1. The standard InChI is InChI=1S/C15H11N5O3S/c1-9-2-3-10(20(22)23)6-11(9)18-14(21)13-8-24-15(19-13)12-7-16-4-5-17-12/h2-8H,1H3,(H,18,21). The van der Waals surface area contributed by atoms with Crippen molar-refractivity contribution in [2.24, 2.45) is 0 Å². The highest BCUT2D eigenvalue weighted by Gasteiger charge is 2.15. The van der Waals surface area contributed by atoms with Crippen LogP contribution < -0.4 is 5.32 Å². The fourth-order valence-electron chi connectivity index (χ4n) is 1.95. The molecule has 9 heteroatoms. The Balaban J connectivity index is 1.82. The van der Waals surface area contributed by atoms with Crippen LogP contribution in [0.1, 0.15) is 16.1 Å². The molecule has 0 aliphatic carbocycles. The number of benzene rings is 1. The normalized spacial score (nSPS) is 10.4. The Kier molecular flexibility index (Phi) is 4.25. The summed E-state index contributed by atoms with van der Waals surface area (Å²) >= 11 is 1.27. The number of nitrogens with zero attached hydrogens (tertiary/aromatic N) is 4. The average molecular weight is 341 g/mol. The minimum absolute atomic E-state index is 0.0885. The second kappa shape index (κ2) is 6.50. The maximum absolute atomic E-state index is 12.3. The molecule has 1 amide bonds. The van der Waals surface area contributed by atoms with Gasteiger partial charge in [0.05, 0.1) is 16.8 Å². The number of hydrogen-bond donors (Lipinski definition) is 1. The van der Waals surface area contributed by atoms with Crippen molar-refractivity contribution in [3.05, 3.63) is 63.5 Å². The van der Waals surface area contributed by atoms with Gasteiger partial charge in [-0.1, -0.05) is 6.07 Å². The molecule has 0 radical (unpaired) electrons. The molecule has 24 heavy (non-hydrogen) atoms. The third-order valence-corrected chi connectivity index (χ3v) is 4.06. The van der Waals surface area contributed by atoms with E-state index in [0.29, 0.717) is 16.4 Å². The number of carbonyl (C=O) groups excluding carboxylic acids is 1. The molecular formula is C15H11N5O3S. The Hall–Kier alpha value is -3.20. The lowest BCUT2D eigenvalue weighted by molar-refractivity contribution is -0.384. The van der Waals surface area contributed by atoms with Crippen LogP contribution in [0, 0.1) is 17.0 Å². The molecule has 0 saturated heterocycles. The van der Waals surface area contributed by atoms with Crippen molar-refractivity contribution in [3.63, 3.8) is 0 Å². The van der Waals surface area contributed by atoms with Gasteiger partial charge in [0.1, 0.15) is 16.4 Å². The third kappa shape index (κ3) is 3.25. The quantitative estimate of drug-likeness (QED) is 0.576. The smallest absolute Gasteiger partial charge is 0.275 e. The van der Waals surface area contributed by atoms with Gasteiger partial charge < -0.3 is 5.32 Å². The second-order valence-electron chi connectivity index (χ2n) is 4.84. The van der Waals surface area contributed by atoms with E-state index in [4.69, 9.17) is 0 Å². The molecule has 1 aromatic carbocycles. The van der Waals surface area contributed by atoms with Crippen molar-refractivity contribution in [2.45, 2.75) is 6.92 Å². The van der Waals surface area contributed by atoms with E-state index in [1.165, 1.54) is 23.5 Å². The number of rotatable bonds is 4. The minimum Gasteiger partial charge on any atom is -0.320 e. The fraction of sp³-hybridized carbons (Fsp3) is 0.0667. The summed E-state index contributed by atoms with van der Waals surface area (Å²) in [6.07, 6.45) is 4.66. The van der Waals surface area contributed by atoms with E-state index in [9.17, 15) is 14.9 Å². The number of carbonyl (C=O) groups is 1. The number of non-ortho nitro benzene ring substituents is 1. The summed E-state index contributed by atoms with van der Waals surface area (Å²) in [5.41, 5.74) is 1.80. The molecule has 1 N–H and O–H groups in total. The Morgan fingerprint density at radius 1 is 1.33 bits per heavy atom. The van der Waals surface area contributed by atoms with Gasteiger partial charge in [-0.15, -0.1) is 11.3 Å². The van der Waals surface area contributed by atoms with E-state index in [1.807, 2.05) is 0 Å². The van der Waals surface area contributed by atoms with Crippen molar-refractivity contribution in [1.82, 2.24) is 15.0 Å². The molecule has 3 rings (SSSR count). The van der Waals surface area contributed by atoms with Gasteiger partial charge in [0.15, 0.2) is 0 Å². The molecule has 120 valence electrons. The molecular weight excluding hydrogens is 330 g/mol. The van der Waals surface area contributed by atoms with Crippen LogP contribution in [0.15, 0.2) is 42.2 Å². The number of anilines is 1. The van der Waals surface area contributed by atoms with Crippen LogP contribution in [0.2, 0.25) is 0 Å². The van der Waals surface area contributed by atoms with Crippen molar-refractivity contribution in [3.8, 4) is 10.7 Å². The zero-order valence-corrected chi connectivity index (χ0v) is 13.3. The van der Waals surface area contributed by atoms with Gasteiger partial charge in [-0.2, -0.15) is 0 Å². The topological polar surface area (TPSA) is 111 Å². The number of nitrogens with one attached hydrogen (secondary N) is 1. The molecule has 0 bridgehead atoms. The van der Waals surface area contributed by atoms with E-state index in [2.05, 4.69) is 20.3 Å². The Morgan fingerprint density at radius 2 is 2.17 bits per heavy atom. The molecule has 0 saturated carbocycles. The van der Waals surface area contributed by atoms with Gasteiger partial charge >= 0.3 is 0 Å². The monoisotopic (exact) mass is 341 g/mol. The lowest BCUT2D eigenvalue weighted by Crippen LogP contribution is -2.13. The Labute approximate surface area is 140 Å². The summed E-state index contributed by atoms with van der Waals surface area (Å²) in [6, 6.07) is 4.29. The largest absolute Gasteiger partial charge is 0.320 e. The highest BCUT2D eigenvalue weighted by molar-refractivity contribution is 7.13. The van der Waals surface area contributed by atoms with Crippen LogP contribution in [0.5, 0.6) is 0 Å². The number of amides is 1. The predicted octanol–water partition coefficient (Wildman–Crippen LogP) is 3.07. The molecule has 0 unspecified atom stereocenters. The average Bonchev–Trinajstić information content (AvgIpc) is 3.07. The third-order valence-electron chi connectivity index (χ3n) is 3.20. The first-order valence-electron chi connectivity index (χ1n) is 6.83. The zero-order chi connectivity index (χ0) is 17.1. The maximum Gasteiger partial charge on any atom is 0.275 e. The first-order valence-corrected chi connectivity index (χ1v) is 7.71. The first kappa shape index (κ1) is 15.7. The van der Waals surface area contributed by atoms with Crippen LogP contribution in [0.25, 0.3) is 10.7 Å². The summed E-state index contributed by atoms with van der Waals surface area (Å²) in [6.45, 7) is 1.76. The lowest BCUT2D eigenvalue weighted by Gasteiger charge is -2.06. The van der Waals surface area contributed by atoms with Gasteiger partial charge in [-0.05, 0) is 12.5 Å². The van der Waals surface area contributed by atoms with Crippen molar-refractivity contribution >= 4 is 28.6 Å². The molecule has 2 aromatic heterocycles. The number of hydrogen-bond acceptors (Lipinski definition) is 7. The fourth-order valence-corrected chi connectivity index (χ4v) is 2.71.